The Morgan fingerprint density at radius 3 is 2.55 bits per heavy atom. The van der Waals surface area contributed by atoms with E-state index in [4.69, 9.17) is 5.73 Å². The van der Waals surface area contributed by atoms with Crippen molar-refractivity contribution in [3.63, 3.8) is 0 Å². The van der Waals surface area contributed by atoms with Crippen LogP contribution in [0.15, 0.2) is 42.5 Å². The molecule has 22 heavy (non-hydrogen) atoms. The number of fused-ring (bicyclic) bond motifs is 1. The summed E-state index contributed by atoms with van der Waals surface area (Å²) in [7, 11) is 1.84. The van der Waals surface area contributed by atoms with Gasteiger partial charge in [0.15, 0.2) is 0 Å². The van der Waals surface area contributed by atoms with Crippen LogP contribution in [0.2, 0.25) is 0 Å². The van der Waals surface area contributed by atoms with E-state index in [2.05, 4.69) is 65.5 Å². The third-order valence-corrected chi connectivity index (χ3v) is 3.84. The van der Waals surface area contributed by atoms with Gasteiger partial charge in [-0.3, -0.25) is 0 Å². The molecular weight excluding hydrogens is 272 g/mol. The highest BCUT2D eigenvalue weighted by Gasteiger charge is 2.10. The summed E-state index contributed by atoms with van der Waals surface area (Å²) in [5.74, 6) is 1.51. The summed E-state index contributed by atoms with van der Waals surface area (Å²) >= 11 is 0. The van der Waals surface area contributed by atoms with E-state index >= 15 is 0 Å². The Morgan fingerprint density at radius 2 is 1.82 bits per heavy atom. The van der Waals surface area contributed by atoms with Crippen molar-refractivity contribution >= 4 is 22.7 Å². The number of nitrogens with one attached hydrogen (secondary N) is 1. The van der Waals surface area contributed by atoms with E-state index in [1.807, 2.05) is 13.1 Å². The lowest BCUT2D eigenvalue weighted by molar-refractivity contribution is 0.869. The molecule has 0 radical (unpaired) electrons. The van der Waals surface area contributed by atoms with Gasteiger partial charge in [0.05, 0.1) is 5.52 Å². The van der Waals surface area contributed by atoms with Gasteiger partial charge in [-0.25, -0.2) is 4.98 Å². The molecule has 0 saturated heterocycles. The van der Waals surface area contributed by atoms with Crippen LogP contribution in [0.1, 0.15) is 25.3 Å². The van der Waals surface area contributed by atoms with Gasteiger partial charge in [-0.2, -0.15) is 4.98 Å². The van der Waals surface area contributed by atoms with Gasteiger partial charge in [0.1, 0.15) is 5.82 Å². The number of nitrogens with zero attached hydrogens (tertiary/aromatic N) is 2. The second-order valence-electron chi connectivity index (χ2n) is 5.65. The van der Waals surface area contributed by atoms with Crippen molar-refractivity contribution in [2.45, 2.75) is 19.8 Å². The van der Waals surface area contributed by atoms with Gasteiger partial charge in [0.25, 0.3) is 0 Å². The molecule has 0 spiro atoms. The number of hydrogen-bond acceptors (Lipinski definition) is 4. The summed E-state index contributed by atoms with van der Waals surface area (Å²) in [5, 5.41) is 4.04. The molecule has 0 unspecified atom stereocenters. The highest BCUT2D eigenvalue weighted by atomic mass is 15.1. The van der Waals surface area contributed by atoms with Gasteiger partial charge in [0, 0.05) is 12.4 Å². The molecule has 3 aromatic rings. The Bertz CT molecular complexity index is 824. The summed E-state index contributed by atoms with van der Waals surface area (Å²) < 4.78 is 0. The number of benzene rings is 2. The minimum absolute atomic E-state index is 0.283. The Morgan fingerprint density at radius 1 is 1.05 bits per heavy atom. The zero-order chi connectivity index (χ0) is 15.7. The van der Waals surface area contributed by atoms with Gasteiger partial charge in [-0.05, 0) is 34.7 Å². The van der Waals surface area contributed by atoms with E-state index in [9.17, 15) is 0 Å². The van der Waals surface area contributed by atoms with Gasteiger partial charge in [-0.1, -0.05) is 44.2 Å². The SMILES string of the molecule is CNc1nc(N)nc2cc(-c3ccccc3C(C)C)ccc12. The van der Waals surface area contributed by atoms with Crippen LogP contribution in [-0.4, -0.2) is 17.0 Å². The molecule has 0 bridgehead atoms. The number of nitrogen functional groups attached to an aromatic ring is 1. The summed E-state index contributed by atoms with van der Waals surface area (Å²) in [4.78, 5) is 8.60. The molecule has 0 aliphatic heterocycles. The standard InChI is InChI=1S/C18H20N4/c1-11(2)13-6-4-5-7-14(13)12-8-9-15-16(10-12)21-18(19)22-17(15)20-3/h4-11H,1-3H3,(H3,19,20,21,22). The number of aromatic nitrogens is 2. The summed E-state index contributed by atoms with van der Waals surface area (Å²) in [6, 6.07) is 14.7. The van der Waals surface area contributed by atoms with Gasteiger partial charge < -0.3 is 11.1 Å². The number of hydrogen-bond donors (Lipinski definition) is 2. The lowest BCUT2D eigenvalue weighted by Gasteiger charge is -2.14. The highest BCUT2D eigenvalue weighted by molar-refractivity contribution is 5.93. The molecule has 0 fully saturated rings. The largest absolute Gasteiger partial charge is 0.372 e. The molecule has 1 aromatic heterocycles. The zero-order valence-electron chi connectivity index (χ0n) is 13.1. The molecule has 1 heterocycles. The second-order valence-corrected chi connectivity index (χ2v) is 5.65. The Balaban J connectivity index is 2.22. The first-order chi connectivity index (χ1) is 10.6. The van der Waals surface area contributed by atoms with Gasteiger partial charge in [-0.15, -0.1) is 0 Å². The maximum atomic E-state index is 5.80. The Kier molecular flexibility index (Phi) is 3.67. The molecular formula is C18H20N4. The molecule has 0 aliphatic carbocycles. The van der Waals surface area contributed by atoms with E-state index in [1.54, 1.807) is 0 Å². The first-order valence-electron chi connectivity index (χ1n) is 7.44. The molecule has 4 nitrogen and oxygen atoms in total. The van der Waals surface area contributed by atoms with Crippen molar-refractivity contribution in [3.05, 3.63) is 48.0 Å². The van der Waals surface area contributed by atoms with E-state index in [0.29, 0.717) is 5.92 Å². The minimum Gasteiger partial charge on any atom is -0.372 e. The highest BCUT2D eigenvalue weighted by Crippen LogP contribution is 2.32. The first-order valence-corrected chi connectivity index (χ1v) is 7.44. The van der Waals surface area contributed by atoms with Crippen LogP contribution in [0.5, 0.6) is 0 Å². The predicted molar refractivity (Wildman–Crippen MR) is 93.0 cm³/mol. The first kappa shape index (κ1) is 14.3. The van der Waals surface area contributed by atoms with E-state index in [0.717, 1.165) is 22.3 Å². The molecule has 0 amide bonds. The Hall–Kier alpha value is -2.62. The molecule has 4 heteroatoms. The third kappa shape index (κ3) is 2.48. The smallest absolute Gasteiger partial charge is 0.222 e. The number of rotatable bonds is 3. The maximum Gasteiger partial charge on any atom is 0.222 e. The number of anilines is 2. The summed E-state index contributed by atoms with van der Waals surface area (Å²) in [6.45, 7) is 4.41. The predicted octanol–water partition coefficient (Wildman–Crippen LogP) is 4.04. The Labute approximate surface area is 130 Å². The van der Waals surface area contributed by atoms with Crippen molar-refractivity contribution in [2.24, 2.45) is 0 Å². The third-order valence-electron chi connectivity index (χ3n) is 3.84. The topological polar surface area (TPSA) is 63.8 Å². The van der Waals surface area contributed by atoms with Crippen molar-refractivity contribution < 1.29 is 0 Å². The molecule has 3 rings (SSSR count). The van der Waals surface area contributed by atoms with Crippen LogP contribution < -0.4 is 11.1 Å². The van der Waals surface area contributed by atoms with Crippen LogP contribution in [0, 0.1) is 0 Å². The normalized spacial score (nSPS) is 11.1. The van der Waals surface area contributed by atoms with Crippen molar-refractivity contribution in [1.82, 2.24) is 9.97 Å². The van der Waals surface area contributed by atoms with E-state index in [1.165, 1.54) is 11.1 Å². The zero-order valence-corrected chi connectivity index (χ0v) is 13.1. The molecule has 2 aromatic carbocycles. The quantitative estimate of drug-likeness (QED) is 0.764. The number of nitrogens with two attached hydrogens (primary N) is 1. The molecule has 0 atom stereocenters. The summed E-state index contributed by atoms with van der Waals surface area (Å²) in [5.41, 5.74) is 10.4. The molecule has 0 aliphatic rings. The minimum atomic E-state index is 0.283. The van der Waals surface area contributed by atoms with Crippen LogP contribution in [0.3, 0.4) is 0 Å². The van der Waals surface area contributed by atoms with Crippen molar-refractivity contribution in [1.29, 1.82) is 0 Å². The molecule has 3 N–H and O–H groups in total. The second kappa shape index (κ2) is 5.64. The van der Waals surface area contributed by atoms with E-state index < -0.39 is 0 Å². The maximum absolute atomic E-state index is 5.80. The average Bonchev–Trinajstić information content (AvgIpc) is 2.53. The molecule has 0 saturated carbocycles. The van der Waals surface area contributed by atoms with Crippen molar-refractivity contribution in [2.75, 3.05) is 18.1 Å². The lowest BCUT2D eigenvalue weighted by atomic mass is 9.92. The monoisotopic (exact) mass is 292 g/mol. The van der Waals surface area contributed by atoms with Crippen LogP contribution in [0.4, 0.5) is 11.8 Å². The average molecular weight is 292 g/mol. The molecule has 112 valence electrons. The van der Waals surface area contributed by atoms with Crippen LogP contribution >= 0.6 is 0 Å². The van der Waals surface area contributed by atoms with Gasteiger partial charge >= 0.3 is 0 Å². The fourth-order valence-electron chi connectivity index (χ4n) is 2.77. The van der Waals surface area contributed by atoms with Crippen LogP contribution in [0.25, 0.3) is 22.0 Å². The van der Waals surface area contributed by atoms with E-state index in [-0.39, 0.29) is 5.95 Å². The van der Waals surface area contributed by atoms with Crippen LogP contribution in [-0.2, 0) is 0 Å². The van der Waals surface area contributed by atoms with Crippen molar-refractivity contribution in [3.8, 4) is 11.1 Å². The fraction of sp³-hybridized carbons (Fsp3) is 0.222. The van der Waals surface area contributed by atoms with Gasteiger partial charge in [0.2, 0.25) is 5.95 Å². The summed E-state index contributed by atoms with van der Waals surface area (Å²) in [6.07, 6.45) is 0. The fourth-order valence-corrected chi connectivity index (χ4v) is 2.77. The lowest BCUT2D eigenvalue weighted by Crippen LogP contribution is -2.01.